The Hall–Kier alpha value is -1.63. The van der Waals surface area contributed by atoms with Gasteiger partial charge >= 0.3 is 5.97 Å². The molecule has 0 aliphatic carbocycles. The van der Waals surface area contributed by atoms with Gasteiger partial charge in [-0.15, -0.1) is 0 Å². The molecule has 2 rings (SSSR count). The molecular weight excluding hydrogens is 357 g/mol. The second-order valence-electron chi connectivity index (χ2n) is 5.30. The van der Waals surface area contributed by atoms with E-state index in [0.29, 0.717) is 29.6 Å². The molecule has 1 saturated heterocycles. The lowest BCUT2D eigenvalue weighted by molar-refractivity contribution is -0.147. The predicted molar refractivity (Wildman–Crippen MR) is 81.1 cm³/mol. The maximum absolute atomic E-state index is 13.0. The van der Waals surface area contributed by atoms with Crippen LogP contribution in [0.1, 0.15) is 19.8 Å². The van der Waals surface area contributed by atoms with Crippen LogP contribution < -0.4 is 4.74 Å². The van der Waals surface area contributed by atoms with E-state index in [1.807, 2.05) is 0 Å². The normalized spacial score (nSPS) is 19.6. The summed E-state index contributed by atoms with van der Waals surface area (Å²) in [6, 6.07) is 3.95. The maximum atomic E-state index is 13.0. The molecule has 1 heterocycles. The van der Waals surface area contributed by atoms with Gasteiger partial charge in [0.05, 0.1) is 10.4 Å². The Balaban J connectivity index is 2.01. The number of carbonyl (C=O) groups excluding carboxylic acids is 1. The lowest BCUT2D eigenvalue weighted by Gasteiger charge is -2.32. The smallest absolute Gasteiger partial charge is 0.308 e. The Morgan fingerprint density at radius 2 is 2.23 bits per heavy atom. The van der Waals surface area contributed by atoms with Gasteiger partial charge in [-0.25, -0.2) is 4.39 Å². The first-order valence-corrected chi connectivity index (χ1v) is 7.81. The van der Waals surface area contributed by atoms with Gasteiger partial charge in [-0.05, 0) is 53.9 Å². The maximum Gasteiger partial charge on any atom is 0.308 e. The molecule has 1 N–H and O–H groups in total. The second kappa shape index (κ2) is 7.09. The van der Waals surface area contributed by atoms with Crippen molar-refractivity contribution in [1.29, 1.82) is 0 Å². The van der Waals surface area contributed by atoms with Crippen molar-refractivity contribution in [3.63, 3.8) is 0 Å². The molecular formula is C15H17BrFNO4. The third-order valence-corrected chi connectivity index (χ3v) is 4.25. The van der Waals surface area contributed by atoms with Crippen molar-refractivity contribution >= 4 is 27.8 Å². The van der Waals surface area contributed by atoms with Crippen molar-refractivity contribution < 1.29 is 23.8 Å². The van der Waals surface area contributed by atoms with E-state index in [0.717, 1.165) is 0 Å². The highest BCUT2D eigenvalue weighted by Crippen LogP contribution is 2.27. The summed E-state index contributed by atoms with van der Waals surface area (Å²) in [5.41, 5.74) is 0. The monoisotopic (exact) mass is 373 g/mol. The van der Waals surface area contributed by atoms with Gasteiger partial charge in [0.25, 0.3) is 5.91 Å². The third-order valence-electron chi connectivity index (χ3n) is 3.63. The van der Waals surface area contributed by atoms with Crippen molar-refractivity contribution in [2.75, 3.05) is 13.1 Å². The quantitative estimate of drug-likeness (QED) is 0.880. The Labute approximate surface area is 136 Å². The lowest BCUT2D eigenvalue weighted by Crippen LogP contribution is -2.47. The fraction of sp³-hybridized carbons (Fsp3) is 0.467. The van der Waals surface area contributed by atoms with Gasteiger partial charge in [-0.3, -0.25) is 9.59 Å². The van der Waals surface area contributed by atoms with Crippen LogP contribution in [-0.4, -0.2) is 41.1 Å². The van der Waals surface area contributed by atoms with Crippen LogP contribution in [0.3, 0.4) is 0 Å². The number of benzene rings is 1. The molecule has 0 aromatic heterocycles. The molecule has 1 aliphatic rings. The van der Waals surface area contributed by atoms with Gasteiger partial charge in [0.1, 0.15) is 11.6 Å². The number of aliphatic carboxylic acids is 1. The number of likely N-dealkylation sites (tertiary alicyclic amines) is 1. The third kappa shape index (κ3) is 3.97. The SMILES string of the molecule is C[C@@H](Oc1ccc(F)cc1Br)C(=O)N1CCC[C@H](C(=O)O)C1. The minimum atomic E-state index is -0.882. The number of amides is 1. The van der Waals surface area contributed by atoms with E-state index in [1.165, 1.54) is 23.1 Å². The van der Waals surface area contributed by atoms with Crippen LogP contribution >= 0.6 is 15.9 Å². The topological polar surface area (TPSA) is 66.8 Å². The first-order valence-electron chi connectivity index (χ1n) is 7.01. The summed E-state index contributed by atoms with van der Waals surface area (Å²) in [5.74, 6) is -1.70. The average molecular weight is 374 g/mol. The van der Waals surface area contributed by atoms with Gasteiger partial charge in [-0.1, -0.05) is 0 Å². The zero-order chi connectivity index (χ0) is 16.3. The van der Waals surface area contributed by atoms with Gasteiger partial charge in [0.15, 0.2) is 6.10 Å². The van der Waals surface area contributed by atoms with E-state index in [2.05, 4.69) is 15.9 Å². The Morgan fingerprint density at radius 1 is 1.50 bits per heavy atom. The number of nitrogens with zero attached hydrogens (tertiary/aromatic N) is 1. The van der Waals surface area contributed by atoms with Gasteiger partial charge < -0.3 is 14.7 Å². The number of carbonyl (C=O) groups is 2. The first-order chi connectivity index (χ1) is 10.4. The Morgan fingerprint density at radius 3 is 2.86 bits per heavy atom. The Bertz CT molecular complexity index is 581. The summed E-state index contributed by atoms with van der Waals surface area (Å²) in [7, 11) is 0. The number of halogens is 2. The zero-order valence-corrected chi connectivity index (χ0v) is 13.7. The summed E-state index contributed by atoms with van der Waals surface area (Å²) in [6.45, 7) is 2.33. The molecule has 1 amide bonds. The molecule has 22 heavy (non-hydrogen) atoms. The molecule has 1 aromatic carbocycles. The van der Waals surface area contributed by atoms with Crippen molar-refractivity contribution in [1.82, 2.24) is 4.90 Å². The van der Waals surface area contributed by atoms with Crippen LogP contribution in [0.4, 0.5) is 4.39 Å². The molecule has 5 nitrogen and oxygen atoms in total. The minimum Gasteiger partial charge on any atom is -0.481 e. The zero-order valence-electron chi connectivity index (χ0n) is 12.1. The molecule has 0 bridgehead atoms. The van der Waals surface area contributed by atoms with Crippen molar-refractivity contribution in [2.24, 2.45) is 5.92 Å². The number of carboxylic acids is 1. The molecule has 0 radical (unpaired) electrons. The molecule has 0 spiro atoms. The van der Waals surface area contributed by atoms with E-state index < -0.39 is 23.8 Å². The molecule has 0 unspecified atom stereocenters. The van der Waals surface area contributed by atoms with Crippen LogP contribution in [0.5, 0.6) is 5.75 Å². The molecule has 1 fully saturated rings. The summed E-state index contributed by atoms with van der Waals surface area (Å²) < 4.78 is 19.0. The molecule has 1 aromatic rings. The number of hydrogen-bond donors (Lipinski definition) is 1. The van der Waals surface area contributed by atoms with Crippen LogP contribution in [0.25, 0.3) is 0 Å². The largest absolute Gasteiger partial charge is 0.481 e. The summed E-state index contributed by atoms with van der Waals surface area (Å²) >= 11 is 3.18. The standard InChI is InChI=1S/C15H17BrFNO4/c1-9(22-13-5-4-11(17)7-12(13)16)14(19)18-6-2-3-10(8-18)15(20)21/h4-5,7,9-10H,2-3,6,8H2,1H3,(H,20,21)/t9-,10+/m1/s1. The molecule has 7 heteroatoms. The van der Waals surface area contributed by atoms with Crippen molar-refractivity contribution in [3.05, 3.63) is 28.5 Å². The number of carboxylic acid groups (broad SMARTS) is 1. The highest BCUT2D eigenvalue weighted by molar-refractivity contribution is 9.10. The predicted octanol–water partition coefficient (Wildman–Crippen LogP) is 2.68. The van der Waals surface area contributed by atoms with Gasteiger partial charge in [0.2, 0.25) is 0 Å². The van der Waals surface area contributed by atoms with Crippen LogP contribution in [0.15, 0.2) is 22.7 Å². The van der Waals surface area contributed by atoms with E-state index in [1.54, 1.807) is 6.92 Å². The fourth-order valence-electron chi connectivity index (χ4n) is 2.45. The number of rotatable bonds is 4. The fourth-order valence-corrected chi connectivity index (χ4v) is 2.89. The van der Waals surface area contributed by atoms with E-state index in [4.69, 9.17) is 9.84 Å². The molecule has 0 saturated carbocycles. The van der Waals surface area contributed by atoms with Gasteiger partial charge in [-0.2, -0.15) is 0 Å². The first kappa shape index (κ1) is 16.7. The summed E-state index contributed by atoms with van der Waals surface area (Å²) in [4.78, 5) is 24.9. The van der Waals surface area contributed by atoms with Crippen LogP contribution in [-0.2, 0) is 9.59 Å². The highest BCUT2D eigenvalue weighted by atomic mass is 79.9. The van der Waals surface area contributed by atoms with Crippen molar-refractivity contribution in [2.45, 2.75) is 25.9 Å². The Kier molecular flexibility index (Phi) is 5.39. The number of ether oxygens (including phenoxy) is 1. The van der Waals surface area contributed by atoms with E-state index in [9.17, 15) is 14.0 Å². The summed E-state index contributed by atoms with van der Waals surface area (Å²) in [6.07, 6.45) is 0.474. The van der Waals surface area contributed by atoms with Crippen LogP contribution in [0, 0.1) is 11.7 Å². The molecule has 120 valence electrons. The minimum absolute atomic E-state index is 0.201. The summed E-state index contributed by atoms with van der Waals surface area (Å²) in [5, 5.41) is 9.06. The van der Waals surface area contributed by atoms with E-state index in [-0.39, 0.29) is 12.5 Å². The lowest BCUT2D eigenvalue weighted by atomic mass is 9.98. The van der Waals surface area contributed by atoms with Gasteiger partial charge in [0, 0.05) is 13.1 Å². The molecule has 2 atom stereocenters. The second-order valence-corrected chi connectivity index (χ2v) is 6.15. The van der Waals surface area contributed by atoms with E-state index >= 15 is 0 Å². The average Bonchev–Trinajstić information content (AvgIpc) is 2.49. The molecule has 1 aliphatic heterocycles. The number of hydrogen-bond acceptors (Lipinski definition) is 3. The highest BCUT2D eigenvalue weighted by Gasteiger charge is 2.31. The van der Waals surface area contributed by atoms with Crippen molar-refractivity contribution in [3.8, 4) is 5.75 Å². The number of piperidine rings is 1. The van der Waals surface area contributed by atoms with Crippen LogP contribution in [0.2, 0.25) is 0 Å².